The second kappa shape index (κ2) is 11.2. The summed E-state index contributed by atoms with van der Waals surface area (Å²) < 4.78 is 0. The molecule has 2 aromatic carbocycles. The van der Waals surface area contributed by atoms with Crippen molar-refractivity contribution in [1.82, 2.24) is 4.98 Å². The normalized spacial score (nSPS) is 10.6. The van der Waals surface area contributed by atoms with Crippen molar-refractivity contribution in [3.63, 3.8) is 0 Å². The number of aromatic nitrogens is 1. The van der Waals surface area contributed by atoms with E-state index in [1.165, 1.54) is 29.2 Å². The molecule has 0 atom stereocenters. The topological polar surface area (TPSA) is 146 Å². The molecule has 9 nitrogen and oxygen atoms in total. The number of rotatable bonds is 9. The third kappa shape index (κ3) is 6.16. The van der Waals surface area contributed by atoms with Crippen LogP contribution in [0.1, 0.15) is 31.1 Å². The SMILES string of the molecule is O=C(CSc1cccc(NC(=O)c2ccc(C(=O)O)cc2C(=O)O)c1)Nc1nc(-c2cccs2)cs1. The molecule has 4 N–H and O–H groups in total. The first-order valence-corrected chi connectivity index (χ1v) is 13.0. The van der Waals surface area contributed by atoms with Gasteiger partial charge in [0.1, 0.15) is 0 Å². The molecule has 12 heteroatoms. The zero-order valence-corrected chi connectivity index (χ0v) is 20.7. The number of benzene rings is 2. The lowest BCUT2D eigenvalue weighted by atomic mass is 10.0. The molecule has 2 aromatic heterocycles. The second-order valence-electron chi connectivity index (χ2n) is 7.20. The highest BCUT2D eigenvalue weighted by Gasteiger charge is 2.19. The fourth-order valence-corrected chi connectivity index (χ4v) is 5.33. The largest absolute Gasteiger partial charge is 0.478 e. The Hall–Kier alpha value is -4.00. The van der Waals surface area contributed by atoms with Crippen LogP contribution in [0.3, 0.4) is 0 Å². The van der Waals surface area contributed by atoms with Crippen LogP contribution in [-0.2, 0) is 4.79 Å². The van der Waals surface area contributed by atoms with Gasteiger partial charge in [0.25, 0.3) is 5.91 Å². The van der Waals surface area contributed by atoms with Crippen LogP contribution in [0, 0.1) is 0 Å². The quantitative estimate of drug-likeness (QED) is 0.211. The summed E-state index contributed by atoms with van der Waals surface area (Å²) in [6, 6.07) is 13.9. The minimum atomic E-state index is -1.42. The predicted octanol–water partition coefficient (Wildman–Crippen LogP) is 5.25. The molecule has 0 saturated heterocycles. The van der Waals surface area contributed by atoms with Crippen molar-refractivity contribution in [2.24, 2.45) is 0 Å². The Morgan fingerprint density at radius 3 is 2.44 bits per heavy atom. The number of amides is 2. The summed E-state index contributed by atoms with van der Waals surface area (Å²) in [5.74, 6) is -3.52. The van der Waals surface area contributed by atoms with Crippen LogP contribution in [-0.4, -0.2) is 44.7 Å². The highest BCUT2D eigenvalue weighted by Crippen LogP contribution is 2.29. The number of thiazole rings is 1. The van der Waals surface area contributed by atoms with E-state index in [9.17, 15) is 24.3 Å². The fourth-order valence-electron chi connectivity index (χ4n) is 3.09. The fraction of sp³-hybridized carbons (Fsp3) is 0.0417. The van der Waals surface area contributed by atoms with Gasteiger partial charge in [-0.25, -0.2) is 14.6 Å². The molecule has 2 amide bonds. The average molecular weight is 540 g/mol. The number of nitrogens with one attached hydrogen (secondary N) is 2. The molecular formula is C24H17N3O6S3. The summed E-state index contributed by atoms with van der Waals surface area (Å²) in [5.41, 5.74) is 0.380. The van der Waals surface area contributed by atoms with Gasteiger partial charge in [0, 0.05) is 16.0 Å². The predicted molar refractivity (Wildman–Crippen MR) is 140 cm³/mol. The molecule has 0 fully saturated rings. The Bertz CT molecular complexity index is 1450. The third-order valence-corrected chi connectivity index (χ3v) is 7.37. The van der Waals surface area contributed by atoms with Crippen molar-refractivity contribution in [2.45, 2.75) is 4.90 Å². The zero-order chi connectivity index (χ0) is 25.7. The van der Waals surface area contributed by atoms with Gasteiger partial charge in [0.15, 0.2) is 5.13 Å². The molecule has 0 unspecified atom stereocenters. The zero-order valence-electron chi connectivity index (χ0n) is 18.3. The molecule has 0 spiro atoms. The van der Waals surface area contributed by atoms with Crippen LogP contribution in [0.25, 0.3) is 10.6 Å². The number of hydrogen-bond acceptors (Lipinski definition) is 8. The molecule has 2 heterocycles. The highest BCUT2D eigenvalue weighted by molar-refractivity contribution is 8.00. The maximum absolute atomic E-state index is 12.7. The standard InChI is InChI=1S/C24H17N3O6S3/c28-20(27-24-26-18(11-36-24)19-5-2-8-34-19)12-35-15-4-1-3-14(10-15)25-21(29)16-7-6-13(22(30)31)9-17(16)23(32)33/h1-11H,12H2,(H,25,29)(H,30,31)(H,32,33)(H,26,27,28). The van der Waals surface area contributed by atoms with Crippen LogP contribution in [0.5, 0.6) is 0 Å². The third-order valence-electron chi connectivity index (χ3n) is 4.73. The van der Waals surface area contributed by atoms with E-state index < -0.39 is 23.4 Å². The van der Waals surface area contributed by atoms with Crippen LogP contribution in [0.2, 0.25) is 0 Å². The first-order valence-electron chi connectivity index (χ1n) is 10.2. The van der Waals surface area contributed by atoms with Crippen molar-refractivity contribution in [3.05, 3.63) is 82.0 Å². The maximum Gasteiger partial charge on any atom is 0.336 e. The summed E-state index contributed by atoms with van der Waals surface area (Å²) in [6.07, 6.45) is 0. The summed E-state index contributed by atoms with van der Waals surface area (Å²) >= 11 is 4.17. The molecule has 0 aliphatic carbocycles. The number of carboxylic acid groups (broad SMARTS) is 2. The number of carbonyl (C=O) groups excluding carboxylic acids is 2. The molecule has 182 valence electrons. The van der Waals surface area contributed by atoms with E-state index in [1.54, 1.807) is 35.6 Å². The van der Waals surface area contributed by atoms with Crippen molar-refractivity contribution >= 4 is 69.0 Å². The molecule has 4 aromatic rings. The first-order chi connectivity index (χ1) is 17.3. The minimum absolute atomic E-state index is 0.116. The Morgan fingerprint density at radius 2 is 1.72 bits per heavy atom. The van der Waals surface area contributed by atoms with Crippen molar-refractivity contribution in [2.75, 3.05) is 16.4 Å². The van der Waals surface area contributed by atoms with Gasteiger partial charge < -0.3 is 20.8 Å². The summed E-state index contributed by atoms with van der Waals surface area (Å²) in [6.45, 7) is 0. The van der Waals surface area contributed by atoms with Gasteiger partial charge in [-0.1, -0.05) is 12.1 Å². The lowest BCUT2D eigenvalue weighted by Crippen LogP contribution is -2.17. The smallest absolute Gasteiger partial charge is 0.336 e. The molecule has 4 rings (SSSR count). The maximum atomic E-state index is 12.7. The Labute approximate surface area is 216 Å². The molecule has 0 bridgehead atoms. The number of carboxylic acids is 2. The van der Waals surface area contributed by atoms with E-state index >= 15 is 0 Å². The minimum Gasteiger partial charge on any atom is -0.478 e. The molecule has 0 aliphatic rings. The summed E-state index contributed by atoms with van der Waals surface area (Å²) in [7, 11) is 0. The van der Waals surface area contributed by atoms with Gasteiger partial charge in [-0.3, -0.25) is 9.59 Å². The van der Waals surface area contributed by atoms with Gasteiger partial charge in [0.05, 0.1) is 33.0 Å². The van der Waals surface area contributed by atoms with E-state index in [0.29, 0.717) is 15.7 Å². The van der Waals surface area contributed by atoms with Gasteiger partial charge in [-0.15, -0.1) is 34.4 Å². The second-order valence-corrected chi connectivity index (χ2v) is 10.1. The van der Waals surface area contributed by atoms with E-state index in [1.807, 2.05) is 22.9 Å². The Kier molecular flexibility index (Phi) is 7.78. The van der Waals surface area contributed by atoms with E-state index in [0.717, 1.165) is 22.7 Å². The van der Waals surface area contributed by atoms with Crippen molar-refractivity contribution in [1.29, 1.82) is 0 Å². The lowest BCUT2D eigenvalue weighted by Gasteiger charge is -2.10. The Morgan fingerprint density at radius 1 is 0.889 bits per heavy atom. The van der Waals surface area contributed by atoms with Crippen molar-refractivity contribution < 1.29 is 29.4 Å². The number of thioether (sulfide) groups is 1. The summed E-state index contributed by atoms with van der Waals surface area (Å²) in [4.78, 5) is 53.9. The number of nitrogens with zero attached hydrogens (tertiary/aromatic N) is 1. The highest BCUT2D eigenvalue weighted by atomic mass is 32.2. The van der Waals surface area contributed by atoms with E-state index in [-0.39, 0.29) is 22.8 Å². The van der Waals surface area contributed by atoms with Gasteiger partial charge in [0.2, 0.25) is 5.91 Å². The van der Waals surface area contributed by atoms with Crippen LogP contribution in [0.15, 0.2) is 70.3 Å². The average Bonchev–Trinajstić information content (AvgIpc) is 3.55. The Balaban J connectivity index is 1.37. The molecule has 0 radical (unpaired) electrons. The lowest BCUT2D eigenvalue weighted by molar-refractivity contribution is -0.113. The van der Waals surface area contributed by atoms with Crippen LogP contribution >= 0.6 is 34.4 Å². The number of thiophene rings is 1. The van der Waals surface area contributed by atoms with Crippen molar-refractivity contribution in [3.8, 4) is 10.6 Å². The first kappa shape index (κ1) is 25.1. The van der Waals surface area contributed by atoms with E-state index in [2.05, 4.69) is 15.6 Å². The summed E-state index contributed by atoms with van der Waals surface area (Å²) in [5, 5.41) is 28.2. The number of aromatic carboxylic acids is 2. The molecule has 0 aliphatic heterocycles. The van der Waals surface area contributed by atoms with Gasteiger partial charge in [-0.2, -0.15) is 0 Å². The van der Waals surface area contributed by atoms with Crippen LogP contribution < -0.4 is 10.6 Å². The number of hydrogen-bond donors (Lipinski definition) is 4. The monoisotopic (exact) mass is 539 g/mol. The molecule has 36 heavy (non-hydrogen) atoms. The van der Waals surface area contributed by atoms with Gasteiger partial charge >= 0.3 is 11.9 Å². The molecular weight excluding hydrogens is 522 g/mol. The van der Waals surface area contributed by atoms with E-state index in [4.69, 9.17) is 5.11 Å². The van der Waals surface area contributed by atoms with Gasteiger partial charge in [-0.05, 0) is 47.8 Å². The number of carbonyl (C=O) groups is 4. The molecule has 0 saturated carbocycles. The number of anilines is 2. The van der Waals surface area contributed by atoms with Crippen LogP contribution in [0.4, 0.5) is 10.8 Å².